The van der Waals surface area contributed by atoms with Gasteiger partial charge in [-0.05, 0) is 11.6 Å². The molecule has 1 aliphatic heterocycles. The minimum atomic E-state index is -0.989. The van der Waals surface area contributed by atoms with Crippen LogP contribution < -0.4 is 10.1 Å². The smallest absolute Gasteiger partial charge is 0.243 e. The van der Waals surface area contributed by atoms with Crippen LogP contribution >= 0.6 is 11.8 Å². The molecule has 0 saturated carbocycles. The number of rotatable bonds is 5. The van der Waals surface area contributed by atoms with Crippen LogP contribution in [0.5, 0.6) is 5.75 Å². The van der Waals surface area contributed by atoms with Crippen molar-refractivity contribution in [2.24, 2.45) is 5.92 Å². The van der Waals surface area contributed by atoms with Gasteiger partial charge >= 0.3 is 0 Å². The highest BCUT2D eigenvalue weighted by Gasteiger charge is 2.40. The highest BCUT2D eigenvalue weighted by atomic mass is 32.2. The molecule has 0 aromatic heterocycles. The summed E-state index contributed by atoms with van der Waals surface area (Å²) in [5.74, 6) is -0.891. The Labute approximate surface area is 162 Å². The lowest BCUT2D eigenvalue weighted by atomic mass is 9.79. The second kappa shape index (κ2) is 8.44. The van der Waals surface area contributed by atoms with Gasteiger partial charge in [-0.1, -0.05) is 48.5 Å². The van der Waals surface area contributed by atoms with E-state index in [4.69, 9.17) is 4.74 Å². The number of carbonyl (C=O) groups excluding carboxylic acids is 1. The van der Waals surface area contributed by atoms with Crippen molar-refractivity contribution in [3.8, 4) is 17.9 Å². The molecular formula is C21H17N3O2S. The van der Waals surface area contributed by atoms with Crippen molar-refractivity contribution in [2.45, 2.75) is 11.7 Å². The minimum Gasteiger partial charge on any atom is -0.496 e. The summed E-state index contributed by atoms with van der Waals surface area (Å²) in [5.41, 5.74) is 2.13. The largest absolute Gasteiger partial charge is 0.496 e. The van der Waals surface area contributed by atoms with E-state index in [1.54, 1.807) is 12.1 Å². The number of carbonyl (C=O) groups is 1. The molecule has 1 amide bonds. The molecule has 1 heterocycles. The molecule has 0 bridgehead atoms. The molecular weight excluding hydrogens is 358 g/mol. The lowest BCUT2D eigenvalue weighted by Gasteiger charge is -2.29. The van der Waals surface area contributed by atoms with E-state index in [-0.39, 0.29) is 0 Å². The molecule has 0 radical (unpaired) electrons. The third-order valence-electron chi connectivity index (χ3n) is 4.37. The molecule has 0 spiro atoms. The van der Waals surface area contributed by atoms with Gasteiger partial charge in [0.1, 0.15) is 11.7 Å². The fourth-order valence-electron chi connectivity index (χ4n) is 3.07. The summed E-state index contributed by atoms with van der Waals surface area (Å²) < 4.78 is 5.40. The maximum atomic E-state index is 12.6. The average molecular weight is 375 g/mol. The summed E-state index contributed by atoms with van der Waals surface area (Å²) in [6.45, 7) is 0. The molecule has 1 aliphatic rings. The number of thioether (sulfide) groups is 1. The first-order valence-corrected chi connectivity index (χ1v) is 9.32. The summed E-state index contributed by atoms with van der Waals surface area (Å²) in [6, 6.07) is 21.2. The van der Waals surface area contributed by atoms with Crippen LogP contribution in [0.25, 0.3) is 0 Å². The van der Waals surface area contributed by atoms with E-state index in [0.29, 0.717) is 27.7 Å². The molecule has 5 nitrogen and oxygen atoms in total. The van der Waals surface area contributed by atoms with Crippen LogP contribution in [0.4, 0.5) is 0 Å². The lowest BCUT2D eigenvalue weighted by molar-refractivity contribution is -0.123. The first-order chi connectivity index (χ1) is 13.2. The molecule has 27 heavy (non-hydrogen) atoms. The molecule has 2 atom stereocenters. The van der Waals surface area contributed by atoms with Gasteiger partial charge in [0.25, 0.3) is 0 Å². The van der Waals surface area contributed by atoms with E-state index in [1.165, 1.54) is 18.9 Å². The Morgan fingerprint density at radius 1 is 1.11 bits per heavy atom. The SMILES string of the molecule is COc1ccccc1[C@H]1C(C#N)=C(SCc2ccccc2)NC(=O)[C@H]1C#N. The molecule has 3 rings (SSSR count). The zero-order valence-corrected chi connectivity index (χ0v) is 15.5. The van der Waals surface area contributed by atoms with E-state index in [0.717, 1.165) is 5.56 Å². The number of hydrogen-bond acceptors (Lipinski definition) is 5. The van der Waals surface area contributed by atoms with Gasteiger partial charge in [-0.3, -0.25) is 4.79 Å². The Morgan fingerprint density at radius 2 is 1.81 bits per heavy atom. The summed E-state index contributed by atoms with van der Waals surface area (Å²) in [4.78, 5) is 12.6. The summed E-state index contributed by atoms with van der Waals surface area (Å²) >= 11 is 1.39. The Balaban J connectivity index is 2.03. The van der Waals surface area contributed by atoms with E-state index in [2.05, 4.69) is 17.5 Å². The number of hydrogen-bond donors (Lipinski definition) is 1. The standard InChI is InChI=1S/C21H17N3O2S/c1-26-18-10-6-5-9-15(18)19-16(11-22)20(25)24-21(17(19)12-23)27-13-14-7-3-2-4-8-14/h2-10,16,19H,13H2,1H3,(H,24,25)/t16-,19+/m0/s1. The molecule has 2 aromatic rings. The first kappa shape index (κ1) is 18.6. The monoisotopic (exact) mass is 375 g/mol. The second-order valence-corrected chi connectivity index (χ2v) is 6.93. The predicted molar refractivity (Wildman–Crippen MR) is 103 cm³/mol. The number of benzene rings is 2. The number of nitriles is 2. The van der Waals surface area contributed by atoms with Crippen molar-refractivity contribution in [3.05, 3.63) is 76.3 Å². The average Bonchev–Trinajstić information content (AvgIpc) is 2.72. The molecule has 0 aliphatic carbocycles. The topological polar surface area (TPSA) is 85.9 Å². The van der Waals surface area contributed by atoms with Gasteiger partial charge in [0, 0.05) is 11.3 Å². The van der Waals surface area contributed by atoms with Crippen molar-refractivity contribution >= 4 is 17.7 Å². The number of nitrogens with one attached hydrogen (secondary N) is 1. The summed E-state index contributed by atoms with van der Waals surface area (Å²) in [5, 5.41) is 22.6. The Bertz CT molecular complexity index is 957. The van der Waals surface area contributed by atoms with Crippen molar-refractivity contribution in [1.29, 1.82) is 10.5 Å². The zero-order valence-electron chi connectivity index (χ0n) is 14.7. The number of para-hydroxylation sites is 1. The molecule has 6 heteroatoms. The lowest BCUT2D eigenvalue weighted by Crippen LogP contribution is -2.39. The molecule has 0 saturated heterocycles. The van der Waals surface area contributed by atoms with Crippen LogP contribution in [-0.4, -0.2) is 13.0 Å². The van der Waals surface area contributed by atoms with E-state index < -0.39 is 17.7 Å². The number of nitrogens with zero attached hydrogens (tertiary/aromatic N) is 2. The van der Waals surface area contributed by atoms with Crippen molar-refractivity contribution in [2.75, 3.05) is 7.11 Å². The zero-order chi connectivity index (χ0) is 19.2. The van der Waals surface area contributed by atoms with Gasteiger partial charge in [-0.2, -0.15) is 10.5 Å². The fraction of sp³-hybridized carbons (Fsp3) is 0.190. The van der Waals surface area contributed by atoms with Gasteiger partial charge in [0.2, 0.25) is 5.91 Å². The van der Waals surface area contributed by atoms with Gasteiger partial charge in [-0.25, -0.2) is 0 Å². The molecule has 1 N–H and O–H groups in total. The molecule has 2 aromatic carbocycles. The number of methoxy groups -OCH3 is 1. The van der Waals surface area contributed by atoms with Crippen LogP contribution in [0, 0.1) is 28.6 Å². The van der Waals surface area contributed by atoms with Gasteiger partial charge in [0.05, 0.1) is 35.8 Å². The van der Waals surface area contributed by atoms with E-state index >= 15 is 0 Å². The van der Waals surface area contributed by atoms with Crippen molar-refractivity contribution in [3.63, 3.8) is 0 Å². The normalized spacial score (nSPS) is 19.0. The van der Waals surface area contributed by atoms with E-state index in [1.807, 2.05) is 42.5 Å². The van der Waals surface area contributed by atoms with Crippen molar-refractivity contribution < 1.29 is 9.53 Å². The number of ether oxygens (including phenoxy) is 1. The third kappa shape index (κ3) is 3.81. The van der Waals surface area contributed by atoms with Crippen molar-refractivity contribution in [1.82, 2.24) is 5.32 Å². The molecule has 134 valence electrons. The summed E-state index contributed by atoms with van der Waals surface area (Å²) in [7, 11) is 1.53. The highest BCUT2D eigenvalue weighted by molar-refractivity contribution is 8.02. The second-order valence-electron chi connectivity index (χ2n) is 5.94. The maximum absolute atomic E-state index is 12.6. The van der Waals surface area contributed by atoms with Crippen LogP contribution in [0.3, 0.4) is 0 Å². The first-order valence-electron chi connectivity index (χ1n) is 8.34. The van der Waals surface area contributed by atoms with E-state index in [9.17, 15) is 15.3 Å². The fourth-order valence-corrected chi connectivity index (χ4v) is 4.08. The Hall–Kier alpha value is -3.22. The van der Waals surface area contributed by atoms with Gasteiger partial charge in [-0.15, -0.1) is 11.8 Å². The quantitative estimate of drug-likeness (QED) is 0.861. The highest BCUT2D eigenvalue weighted by Crippen LogP contribution is 2.42. The predicted octanol–water partition coefficient (Wildman–Crippen LogP) is 3.72. The number of amides is 1. The van der Waals surface area contributed by atoms with Gasteiger partial charge < -0.3 is 10.1 Å². The Kier molecular flexibility index (Phi) is 5.80. The van der Waals surface area contributed by atoms with Crippen LogP contribution in [-0.2, 0) is 10.5 Å². The maximum Gasteiger partial charge on any atom is 0.243 e. The minimum absolute atomic E-state index is 0.381. The summed E-state index contributed by atoms with van der Waals surface area (Å²) in [6.07, 6.45) is 0. The Morgan fingerprint density at radius 3 is 2.48 bits per heavy atom. The third-order valence-corrected chi connectivity index (χ3v) is 5.46. The van der Waals surface area contributed by atoms with Crippen LogP contribution in [0.1, 0.15) is 17.0 Å². The van der Waals surface area contributed by atoms with Gasteiger partial charge in [0.15, 0.2) is 0 Å². The van der Waals surface area contributed by atoms with Crippen LogP contribution in [0.2, 0.25) is 0 Å². The molecule has 0 unspecified atom stereocenters. The molecule has 0 fully saturated rings. The van der Waals surface area contributed by atoms with Crippen LogP contribution in [0.15, 0.2) is 65.2 Å². The number of allylic oxidation sites excluding steroid dienone is 1.